The van der Waals surface area contributed by atoms with Crippen molar-refractivity contribution in [3.8, 4) is 0 Å². The summed E-state index contributed by atoms with van der Waals surface area (Å²) in [5, 5.41) is 10.2. The molecule has 2 unspecified atom stereocenters. The number of halogens is 4. The SMILES string of the molecule is CCOC(=O)c1cn(C(CO)C(C)C)c2cc(F)c(Br)cc2c1=O.CCOC(=O)c1cn(C(CO[Si](C)(C)C(C)(C)C)C(C)C)c2cc(F)c(Br)cc2c1=O. The number of hydrogen-bond acceptors (Lipinski definition) is 8. The number of rotatable bonds is 12. The van der Waals surface area contributed by atoms with E-state index in [1.54, 1.807) is 23.0 Å². The molecule has 302 valence electrons. The standard InChI is InChI=1S/C23H33BrFNO4Si.C17H19BrFNO4/c1-9-29-22(28)16-12-26(19-11-18(25)17(24)10-15(19)21(16)27)20(14(2)3)13-30-31(7,8)23(4,5)6;1-4-24-17(23)11-7-20(15(8-21)9(2)3)14-6-13(19)12(18)5-10(14)16(11)22/h10-12,14,20H,9,13H2,1-8H3;5-7,9,15,21H,4,8H2,1-3H3. The van der Waals surface area contributed by atoms with E-state index in [0.717, 1.165) is 0 Å². The fraction of sp³-hybridized carbons (Fsp3) is 0.500. The molecule has 4 rings (SSSR count). The maximum absolute atomic E-state index is 14.5. The zero-order chi connectivity index (χ0) is 41.7. The van der Waals surface area contributed by atoms with E-state index in [9.17, 15) is 33.1 Å². The molecule has 0 aliphatic rings. The van der Waals surface area contributed by atoms with Crippen LogP contribution in [0.4, 0.5) is 8.78 Å². The number of hydrogen-bond donors (Lipinski definition) is 1. The van der Waals surface area contributed by atoms with Crippen molar-refractivity contribution in [3.05, 3.63) is 88.8 Å². The van der Waals surface area contributed by atoms with E-state index < -0.39 is 48.8 Å². The van der Waals surface area contributed by atoms with E-state index in [0.29, 0.717) is 17.6 Å². The lowest BCUT2D eigenvalue weighted by Gasteiger charge is -2.38. The predicted octanol–water partition coefficient (Wildman–Crippen LogP) is 9.57. The molecule has 0 radical (unpaired) electrons. The zero-order valence-electron chi connectivity index (χ0n) is 33.3. The maximum Gasteiger partial charge on any atom is 0.343 e. The Balaban J connectivity index is 0.000000305. The van der Waals surface area contributed by atoms with Gasteiger partial charge in [0.25, 0.3) is 0 Å². The number of carbonyl (C=O) groups is 2. The molecule has 2 aromatic carbocycles. The zero-order valence-corrected chi connectivity index (χ0v) is 37.5. The summed E-state index contributed by atoms with van der Waals surface area (Å²) < 4.78 is 48.6. The summed E-state index contributed by atoms with van der Waals surface area (Å²) >= 11 is 6.22. The van der Waals surface area contributed by atoms with Gasteiger partial charge in [0.05, 0.1) is 58.5 Å². The number of carbonyl (C=O) groups excluding carboxylic acids is 2. The topological polar surface area (TPSA) is 126 Å². The third kappa shape index (κ3) is 10.4. The van der Waals surface area contributed by atoms with Crippen molar-refractivity contribution >= 4 is 73.9 Å². The Kier molecular flexibility index (Phi) is 15.8. The van der Waals surface area contributed by atoms with Crippen molar-refractivity contribution < 1.29 is 37.4 Å². The summed E-state index contributed by atoms with van der Waals surface area (Å²) in [6.07, 6.45) is 2.84. The number of aliphatic hydroxyl groups is 1. The molecule has 0 spiro atoms. The Labute approximate surface area is 338 Å². The molecular formula is C40H52Br2F2N2O8Si. The number of pyridine rings is 2. The van der Waals surface area contributed by atoms with E-state index >= 15 is 0 Å². The number of aliphatic hydroxyl groups excluding tert-OH is 1. The first-order chi connectivity index (χ1) is 25.5. The van der Waals surface area contributed by atoms with Crippen LogP contribution in [0.1, 0.15) is 95.1 Å². The molecule has 4 aromatic rings. The summed E-state index contributed by atoms with van der Waals surface area (Å²) in [5.41, 5.74) is -0.454. The average molecular weight is 915 g/mol. The second-order valence-electron chi connectivity index (χ2n) is 15.4. The number of esters is 2. The number of ether oxygens (including phenoxy) is 2. The van der Waals surface area contributed by atoms with Gasteiger partial charge < -0.3 is 28.1 Å². The van der Waals surface area contributed by atoms with Crippen LogP contribution in [-0.2, 0) is 13.9 Å². The third-order valence-corrected chi connectivity index (χ3v) is 15.7. The molecule has 0 saturated carbocycles. The van der Waals surface area contributed by atoms with Crippen molar-refractivity contribution in [1.82, 2.24) is 9.13 Å². The van der Waals surface area contributed by atoms with Crippen LogP contribution in [0.15, 0.2) is 55.2 Å². The van der Waals surface area contributed by atoms with Gasteiger partial charge in [0.2, 0.25) is 10.9 Å². The summed E-state index contributed by atoms with van der Waals surface area (Å²) in [7, 11) is -2.04. The molecule has 0 saturated heterocycles. The van der Waals surface area contributed by atoms with Crippen molar-refractivity contribution in [3.63, 3.8) is 0 Å². The molecule has 2 aromatic heterocycles. The summed E-state index contributed by atoms with van der Waals surface area (Å²) in [5.74, 6) is -2.31. The highest BCUT2D eigenvalue weighted by atomic mass is 79.9. The monoisotopic (exact) mass is 912 g/mol. The molecule has 0 amide bonds. The molecular weight excluding hydrogens is 862 g/mol. The van der Waals surface area contributed by atoms with Gasteiger partial charge in [0.1, 0.15) is 22.8 Å². The van der Waals surface area contributed by atoms with Gasteiger partial charge in [-0.25, -0.2) is 18.4 Å². The molecule has 2 atom stereocenters. The molecule has 2 heterocycles. The van der Waals surface area contributed by atoms with Crippen LogP contribution in [0.25, 0.3) is 21.8 Å². The Bertz CT molecular complexity index is 2160. The summed E-state index contributed by atoms with van der Waals surface area (Å²) in [6.45, 7) is 22.5. The van der Waals surface area contributed by atoms with Gasteiger partial charge in [-0.05, 0) is 99.9 Å². The van der Waals surface area contributed by atoms with E-state index in [-0.39, 0.29) is 73.6 Å². The van der Waals surface area contributed by atoms with Crippen LogP contribution in [0, 0.1) is 23.5 Å². The van der Waals surface area contributed by atoms with Gasteiger partial charge in [-0.2, -0.15) is 0 Å². The molecule has 0 bridgehead atoms. The van der Waals surface area contributed by atoms with Crippen LogP contribution in [-0.4, -0.2) is 60.9 Å². The van der Waals surface area contributed by atoms with Crippen LogP contribution < -0.4 is 10.9 Å². The number of aromatic nitrogens is 2. The largest absolute Gasteiger partial charge is 0.462 e. The summed E-state index contributed by atoms with van der Waals surface area (Å²) in [4.78, 5) is 50.3. The van der Waals surface area contributed by atoms with Crippen LogP contribution in [0.3, 0.4) is 0 Å². The Morgan fingerprint density at radius 3 is 1.47 bits per heavy atom. The quantitative estimate of drug-likeness (QED) is 0.110. The lowest BCUT2D eigenvalue weighted by atomic mass is 10.0. The van der Waals surface area contributed by atoms with Gasteiger partial charge in [0.15, 0.2) is 8.32 Å². The highest BCUT2D eigenvalue weighted by Gasteiger charge is 2.38. The van der Waals surface area contributed by atoms with E-state index in [1.165, 1.54) is 36.7 Å². The lowest BCUT2D eigenvalue weighted by molar-refractivity contribution is 0.0514. The smallest absolute Gasteiger partial charge is 0.343 e. The second-order valence-corrected chi connectivity index (χ2v) is 22.0. The maximum atomic E-state index is 14.5. The molecule has 1 N–H and O–H groups in total. The van der Waals surface area contributed by atoms with E-state index in [2.05, 4.69) is 65.7 Å². The Hall–Kier alpha value is -3.24. The number of nitrogens with zero attached hydrogens (tertiary/aromatic N) is 2. The van der Waals surface area contributed by atoms with Crippen LogP contribution >= 0.6 is 31.9 Å². The Morgan fingerprint density at radius 2 is 1.15 bits per heavy atom. The van der Waals surface area contributed by atoms with Gasteiger partial charge in [-0.3, -0.25) is 9.59 Å². The molecule has 55 heavy (non-hydrogen) atoms. The molecule has 10 nitrogen and oxygen atoms in total. The number of benzene rings is 2. The van der Waals surface area contributed by atoms with Gasteiger partial charge >= 0.3 is 11.9 Å². The van der Waals surface area contributed by atoms with E-state index in [4.69, 9.17) is 13.9 Å². The highest BCUT2D eigenvalue weighted by Crippen LogP contribution is 2.38. The molecule has 0 aliphatic heterocycles. The first-order valence-corrected chi connectivity index (χ1v) is 22.7. The molecule has 0 fully saturated rings. The molecule has 0 aliphatic carbocycles. The third-order valence-electron chi connectivity index (χ3n) is 10.0. The fourth-order valence-corrected chi connectivity index (χ4v) is 7.38. The predicted molar refractivity (Wildman–Crippen MR) is 222 cm³/mol. The van der Waals surface area contributed by atoms with Gasteiger partial charge in [-0.15, -0.1) is 0 Å². The fourth-order valence-electron chi connectivity index (χ4n) is 5.67. The Morgan fingerprint density at radius 1 is 0.764 bits per heavy atom. The minimum absolute atomic E-state index is 0.00227. The molecule has 15 heteroatoms. The van der Waals surface area contributed by atoms with Crippen molar-refractivity contribution in [2.24, 2.45) is 11.8 Å². The lowest BCUT2D eigenvalue weighted by Crippen LogP contribution is -2.42. The van der Waals surface area contributed by atoms with Crippen molar-refractivity contribution in [2.75, 3.05) is 26.4 Å². The second kappa shape index (κ2) is 18.8. The minimum atomic E-state index is -2.04. The first kappa shape index (κ1) is 46.1. The van der Waals surface area contributed by atoms with Crippen LogP contribution in [0.5, 0.6) is 0 Å². The van der Waals surface area contributed by atoms with Crippen molar-refractivity contribution in [2.45, 2.75) is 92.5 Å². The summed E-state index contributed by atoms with van der Waals surface area (Å²) in [6, 6.07) is 4.71. The van der Waals surface area contributed by atoms with Crippen LogP contribution in [0.2, 0.25) is 18.1 Å². The minimum Gasteiger partial charge on any atom is -0.462 e. The number of fused-ring (bicyclic) bond motifs is 2. The van der Waals surface area contributed by atoms with Gasteiger partial charge in [-0.1, -0.05) is 48.5 Å². The highest BCUT2D eigenvalue weighted by molar-refractivity contribution is 9.10. The first-order valence-electron chi connectivity index (χ1n) is 18.2. The van der Waals surface area contributed by atoms with Gasteiger partial charge in [0, 0.05) is 23.2 Å². The normalized spacial score (nSPS) is 13.2. The van der Waals surface area contributed by atoms with Crippen molar-refractivity contribution in [1.29, 1.82) is 0 Å². The van der Waals surface area contributed by atoms with E-state index in [1.807, 2.05) is 27.7 Å². The average Bonchev–Trinajstić information content (AvgIpc) is 3.08.